The van der Waals surface area contributed by atoms with Crippen LogP contribution >= 0.6 is 23.5 Å². The largest absolute Gasteiger partial charge is 0.374 e. The number of likely N-dealkylation sites (tertiary alicyclic amines) is 2. The first kappa shape index (κ1) is 27.4. The van der Waals surface area contributed by atoms with Crippen LogP contribution in [0.5, 0.6) is 0 Å². The molecule has 2 saturated heterocycles. The van der Waals surface area contributed by atoms with Crippen molar-refractivity contribution in [1.29, 1.82) is 0 Å². The molecule has 0 aromatic carbocycles. The number of halogens is 4. The Balaban J connectivity index is 1.40. The second-order valence-electron chi connectivity index (χ2n) is 11.7. The highest BCUT2D eigenvalue weighted by Gasteiger charge is 2.52. The van der Waals surface area contributed by atoms with Gasteiger partial charge in [-0.15, -0.1) is 0 Å². The summed E-state index contributed by atoms with van der Waals surface area (Å²) in [4.78, 5) is 8.21. The number of aromatic nitrogens is 1. The minimum Gasteiger partial charge on any atom is -0.374 e. The Hall–Kier alpha value is -1.64. The third-order valence-corrected chi connectivity index (χ3v) is 8.97. The van der Waals surface area contributed by atoms with Crippen LogP contribution in [0.25, 0.3) is 0 Å². The van der Waals surface area contributed by atoms with Crippen LogP contribution < -0.4 is 4.72 Å². The first-order chi connectivity index (χ1) is 16.9. The maximum atomic E-state index is 15.1. The fourth-order valence-corrected chi connectivity index (χ4v) is 6.71. The molecule has 0 amide bonds. The van der Waals surface area contributed by atoms with Crippen molar-refractivity contribution in [2.24, 2.45) is 10.8 Å². The molecular weight excluding hydrogens is 505 g/mol. The molecule has 0 atom stereocenters. The maximum absolute atomic E-state index is 15.1. The lowest BCUT2D eigenvalue weighted by molar-refractivity contribution is -0.0599. The fourth-order valence-electron chi connectivity index (χ4n) is 5.91. The van der Waals surface area contributed by atoms with Gasteiger partial charge in [-0.3, -0.25) is 4.90 Å². The monoisotopic (exact) mass is 540 g/mol. The quantitative estimate of drug-likeness (QED) is 0.196. The topological polar surface area (TPSA) is 31.4 Å². The number of hydrogen-bond acceptors (Lipinski definition) is 5. The van der Waals surface area contributed by atoms with Crippen molar-refractivity contribution in [2.45, 2.75) is 65.3 Å². The summed E-state index contributed by atoms with van der Waals surface area (Å²) in [6, 6.07) is 4.16. The molecule has 4 rings (SSSR count). The predicted octanol–water partition coefficient (Wildman–Crippen LogP) is 7.78. The average molecular weight is 541 g/mol. The Labute approximate surface area is 222 Å². The van der Waals surface area contributed by atoms with Gasteiger partial charge in [-0.05, 0) is 81.1 Å². The van der Waals surface area contributed by atoms with E-state index < -0.39 is 17.6 Å². The number of nitrogens with one attached hydrogen (secondary N) is 1. The van der Waals surface area contributed by atoms with Crippen LogP contribution in [0.15, 0.2) is 52.1 Å². The van der Waals surface area contributed by atoms with Gasteiger partial charge in [-0.1, -0.05) is 38.4 Å². The van der Waals surface area contributed by atoms with E-state index in [0.29, 0.717) is 28.4 Å². The Morgan fingerprint density at radius 3 is 2.44 bits per heavy atom. The van der Waals surface area contributed by atoms with Crippen LogP contribution in [0.4, 0.5) is 19.0 Å². The molecule has 1 N–H and O–H groups in total. The molecule has 1 aromatic heterocycles. The highest BCUT2D eigenvalue weighted by Crippen LogP contribution is 2.51. The van der Waals surface area contributed by atoms with E-state index in [1.54, 1.807) is 0 Å². The van der Waals surface area contributed by atoms with Crippen molar-refractivity contribution in [3.05, 3.63) is 58.0 Å². The van der Waals surface area contributed by atoms with E-state index in [9.17, 15) is 8.78 Å². The number of rotatable bonds is 9. The molecule has 3 heterocycles. The van der Waals surface area contributed by atoms with Crippen LogP contribution in [0.3, 0.4) is 0 Å². The standard InChI is InChI=1S/C27H36ClF3N4S/c1-19(13-20(29)24(21(30)14-28)36-33-23-8-5-7-22(31)32-23)34-17-26(4,18-34)15-27(9-6-10-27)35-12-11-25(2,3)16-35/h5,7-8,13-14H,6,9-12,15-18H2,1-4H3,(H,32,33)/b19-13+,21-14-,24-20-. The summed E-state index contributed by atoms with van der Waals surface area (Å²) in [6.45, 7) is 12.9. The van der Waals surface area contributed by atoms with Crippen molar-refractivity contribution in [3.8, 4) is 0 Å². The minimum absolute atomic E-state index is 0.151. The third kappa shape index (κ3) is 6.08. The second kappa shape index (κ2) is 10.6. The van der Waals surface area contributed by atoms with Crippen LogP contribution in [0, 0.1) is 16.8 Å². The first-order valence-electron chi connectivity index (χ1n) is 12.5. The van der Waals surface area contributed by atoms with E-state index >= 15 is 4.39 Å². The summed E-state index contributed by atoms with van der Waals surface area (Å²) in [7, 11) is 0. The Morgan fingerprint density at radius 2 is 1.89 bits per heavy atom. The maximum Gasteiger partial charge on any atom is 0.214 e. The number of nitrogens with zero attached hydrogens (tertiary/aromatic N) is 3. The highest BCUT2D eigenvalue weighted by atomic mass is 35.5. The summed E-state index contributed by atoms with van der Waals surface area (Å²) >= 11 is 6.20. The van der Waals surface area contributed by atoms with Crippen molar-refractivity contribution in [2.75, 3.05) is 30.9 Å². The zero-order valence-electron chi connectivity index (χ0n) is 21.5. The first-order valence-corrected chi connectivity index (χ1v) is 13.8. The molecule has 9 heteroatoms. The molecule has 1 saturated carbocycles. The molecule has 0 spiro atoms. The van der Waals surface area contributed by atoms with Gasteiger partial charge in [0.1, 0.15) is 16.5 Å². The van der Waals surface area contributed by atoms with Crippen LogP contribution in [0.1, 0.15) is 59.8 Å². The normalized spacial score (nSPS) is 24.2. The molecule has 1 aromatic rings. The number of hydrogen-bond donors (Lipinski definition) is 1. The van der Waals surface area contributed by atoms with Gasteiger partial charge in [0.05, 0.1) is 0 Å². The predicted molar refractivity (Wildman–Crippen MR) is 143 cm³/mol. The summed E-state index contributed by atoms with van der Waals surface area (Å²) in [5, 5.41) is 0. The lowest BCUT2D eigenvalue weighted by Crippen LogP contribution is -2.62. The molecule has 0 unspecified atom stereocenters. The van der Waals surface area contributed by atoms with E-state index in [1.807, 2.05) is 6.92 Å². The summed E-state index contributed by atoms with van der Waals surface area (Å²) < 4.78 is 45.5. The Bertz CT molecular complexity index is 1060. The van der Waals surface area contributed by atoms with Crippen LogP contribution in [-0.2, 0) is 0 Å². The molecule has 0 bridgehead atoms. The van der Waals surface area contributed by atoms with Gasteiger partial charge in [-0.2, -0.15) is 4.39 Å². The number of anilines is 1. The Kier molecular flexibility index (Phi) is 8.08. The SMILES string of the molecule is C\C(=C/C(F)=C(SNc1cccc(F)n1)\C(F)=C\Cl)N1CC(C)(CC2(N3CCC(C)(C)C3)CCC2)C1. The van der Waals surface area contributed by atoms with Crippen LogP contribution in [0.2, 0.25) is 0 Å². The van der Waals surface area contributed by atoms with Crippen molar-refractivity contribution in [3.63, 3.8) is 0 Å². The van der Waals surface area contributed by atoms with E-state index in [1.165, 1.54) is 63.0 Å². The minimum atomic E-state index is -0.916. The summed E-state index contributed by atoms with van der Waals surface area (Å²) in [5.41, 5.74) is 2.29. The van der Waals surface area contributed by atoms with E-state index in [-0.39, 0.29) is 16.1 Å². The molecule has 2 aliphatic heterocycles. The molecule has 198 valence electrons. The molecule has 4 nitrogen and oxygen atoms in total. The second-order valence-corrected chi connectivity index (χ2v) is 12.8. The molecule has 3 fully saturated rings. The average Bonchev–Trinajstić information content (AvgIpc) is 3.14. The third-order valence-electron chi connectivity index (χ3n) is 7.87. The molecule has 0 radical (unpaired) electrons. The highest BCUT2D eigenvalue weighted by molar-refractivity contribution is 8.04. The summed E-state index contributed by atoms with van der Waals surface area (Å²) in [5.74, 6) is -2.20. The van der Waals surface area contributed by atoms with E-state index in [2.05, 4.69) is 40.3 Å². The number of allylic oxidation sites excluding steroid dienone is 4. The molecule has 36 heavy (non-hydrogen) atoms. The zero-order chi connectivity index (χ0) is 26.1. The number of pyridine rings is 1. The van der Waals surface area contributed by atoms with Gasteiger partial charge in [0.15, 0.2) is 5.83 Å². The van der Waals surface area contributed by atoms with Gasteiger partial charge in [-0.25, -0.2) is 13.8 Å². The zero-order valence-corrected chi connectivity index (χ0v) is 23.1. The van der Waals surface area contributed by atoms with Crippen molar-refractivity contribution in [1.82, 2.24) is 14.8 Å². The van der Waals surface area contributed by atoms with Crippen molar-refractivity contribution < 1.29 is 13.2 Å². The summed E-state index contributed by atoms with van der Waals surface area (Å²) in [6.07, 6.45) is 7.58. The molecular formula is C27H36ClF3N4S. The van der Waals surface area contributed by atoms with Gasteiger partial charge in [0.2, 0.25) is 5.95 Å². The van der Waals surface area contributed by atoms with Crippen molar-refractivity contribution >= 4 is 29.4 Å². The van der Waals surface area contributed by atoms with E-state index in [0.717, 1.165) is 25.2 Å². The fraction of sp³-hybridized carbons (Fsp3) is 0.593. The molecule has 1 aliphatic carbocycles. The van der Waals surface area contributed by atoms with E-state index in [4.69, 9.17) is 11.6 Å². The molecule has 3 aliphatic rings. The lowest BCUT2D eigenvalue weighted by Gasteiger charge is -2.58. The van der Waals surface area contributed by atoms with Crippen LogP contribution in [-0.4, -0.2) is 46.5 Å². The Morgan fingerprint density at radius 1 is 1.17 bits per heavy atom. The lowest BCUT2D eigenvalue weighted by atomic mass is 9.63. The van der Waals surface area contributed by atoms with Gasteiger partial charge >= 0.3 is 0 Å². The van der Waals surface area contributed by atoms with Gasteiger partial charge in [0, 0.05) is 41.8 Å². The van der Waals surface area contributed by atoms with Gasteiger partial charge in [0.25, 0.3) is 0 Å². The van der Waals surface area contributed by atoms with Gasteiger partial charge < -0.3 is 9.62 Å². The smallest absolute Gasteiger partial charge is 0.214 e.